The molecule has 2 fully saturated rings. The van der Waals surface area contributed by atoms with E-state index in [1.807, 2.05) is 6.20 Å². The lowest BCUT2D eigenvalue weighted by Gasteiger charge is -2.04. The van der Waals surface area contributed by atoms with Crippen LogP contribution in [-0.2, 0) is 4.74 Å². The zero-order valence-corrected chi connectivity index (χ0v) is 11.6. The molecular formula is C16H18N2O2. The second kappa shape index (κ2) is 4.33. The van der Waals surface area contributed by atoms with E-state index in [4.69, 9.17) is 4.74 Å². The van der Waals surface area contributed by atoms with Crippen molar-refractivity contribution in [3.05, 3.63) is 29.6 Å². The van der Waals surface area contributed by atoms with Gasteiger partial charge in [0.2, 0.25) is 0 Å². The lowest BCUT2D eigenvalue weighted by Crippen LogP contribution is -1.99. The van der Waals surface area contributed by atoms with Crippen LogP contribution in [0.25, 0.3) is 11.0 Å². The largest absolute Gasteiger partial charge is 0.465 e. The number of H-pyrrole nitrogens is 1. The van der Waals surface area contributed by atoms with Crippen LogP contribution in [0.5, 0.6) is 0 Å². The van der Waals surface area contributed by atoms with Gasteiger partial charge in [0.1, 0.15) is 5.65 Å². The maximum Gasteiger partial charge on any atom is 0.340 e. The molecule has 2 aromatic rings. The summed E-state index contributed by atoms with van der Waals surface area (Å²) in [5, 5.41) is 0.887. The van der Waals surface area contributed by atoms with Gasteiger partial charge < -0.3 is 9.72 Å². The van der Waals surface area contributed by atoms with Gasteiger partial charge in [0, 0.05) is 17.8 Å². The first kappa shape index (κ1) is 11.9. The van der Waals surface area contributed by atoms with Crippen LogP contribution in [0.3, 0.4) is 0 Å². The molecular weight excluding hydrogens is 252 g/mol. The van der Waals surface area contributed by atoms with E-state index in [-0.39, 0.29) is 5.97 Å². The van der Waals surface area contributed by atoms with Crippen LogP contribution >= 0.6 is 0 Å². The average Bonchev–Trinajstić information content (AvgIpc) is 3.08. The van der Waals surface area contributed by atoms with Gasteiger partial charge in [0.25, 0.3) is 0 Å². The Morgan fingerprint density at radius 1 is 1.35 bits per heavy atom. The number of esters is 1. The second-order valence-corrected chi connectivity index (χ2v) is 6.00. The molecule has 2 aromatic heterocycles. The molecule has 20 heavy (non-hydrogen) atoms. The Bertz CT molecular complexity index is 664. The quantitative estimate of drug-likeness (QED) is 0.852. The molecule has 1 unspecified atom stereocenters. The normalized spacial score (nSPS) is 28.1. The zero-order chi connectivity index (χ0) is 13.7. The molecule has 4 rings (SSSR count). The van der Waals surface area contributed by atoms with E-state index in [9.17, 15) is 4.79 Å². The monoisotopic (exact) mass is 270 g/mol. The molecule has 0 spiro atoms. The highest BCUT2D eigenvalue weighted by Crippen LogP contribution is 2.61. The number of rotatable bonds is 2. The van der Waals surface area contributed by atoms with Crippen molar-refractivity contribution >= 4 is 17.0 Å². The van der Waals surface area contributed by atoms with E-state index < -0.39 is 0 Å². The number of aromatic amines is 1. The minimum atomic E-state index is -0.302. The summed E-state index contributed by atoms with van der Waals surface area (Å²) in [4.78, 5) is 19.3. The minimum Gasteiger partial charge on any atom is -0.465 e. The van der Waals surface area contributed by atoms with Gasteiger partial charge >= 0.3 is 5.97 Å². The number of fused-ring (bicyclic) bond motifs is 2. The first-order valence-corrected chi connectivity index (χ1v) is 7.35. The van der Waals surface area contributed by atoms with E-state index in [0.29, 0.717) is 11.5 Å². The third-order valence-corrected chi connectivity index (χ3v) is 5.00. The van der Waals surface area contributed by atoms with E-state index in [1.54, 1.807) is 6.20 Å². The third-order valence-electron chi connectivity index (χ3n) is 5.00. The van der Waals surface area contributed by atoms with Crippen LogP contribution in [0.15, 0.2) is 18.5 Å². The van der Waals surface area contributed by atoms with Crippen molar-refractivity contribution in [1.82, 2.24) is 9.97 Å². The Hall–Kier alpha value is -1.84. The topological polar surface area (TPSA) is 55.0 Å². The predicted molar refractivity (Wildman–Crippen MR) is 75.6 cm³/mol. The van der Waals surface area contributed by atoms with Crippen molar-refractivity contribution in [1.29, 1.82) is 0 Å². The summed E-state index contributed by atoms with van der Waals surface area (Å²) in [6.45, 7) is 0. The van der Waals surface area contributed by atoms with Crippen LogP contribution in [0, 0.1) is 11.8 Å². The van der Waals surface area contributed by atoms with E-state index >= 15 is 0 Å². The molecule has 4 nitrogen and oxygen atoms in total. The zero-order valence-electron chi connectivity index (χ0n) is 11.6. The summed E-state index contributed by atoms with van der Waals surface area (Å²) < 4.78 is 4.83. The number of carbonyl (C=O) groups excluding carboxylic acids is 1. The van der Waals surface area contributed by atoms with Gasteiger partial charge in [0.05, 0.1) is 12.7 Å². The first-order chi connectivity index (χ1) is 9.79. The van der Waals surface area contributed by atoms with Crippen LogP contribution < -0.4 is 0 Å². The number of hydrogen-bond acceptors (Lipinski definition) is 3. The number of hydrogen-bond donors (Lipinski definition) is 1. The predicted octanol–water partition coefficient (Wildman–Crippen LogP) is 3.25. The molecule has 0 radical (unpaired) electrons. The van der Waals surface area contributed by atoms with Crippen molar-refractivity contribution in [2.75, 3.05) is 7.11 Å². The number of nitrogens with one attached hydrogen (secondary N) is 1. The Kier molecular flexibility index (Phi) is 2.59. The molecule has 2 heterocycles. The first-order valence-electron chi connectivity index (χ1n) is 7.35. The van der Waals surface area contributed by atoms with Gasteiger partial charge in [-0.1, -0.05) is 12.8 Å². The fraction of sp³-hybridized carbons (Fsp3) is 0.500. The van der Waals surface area contributed by atoms with Gasteiger partial charge in [-0.15, -0.1) is 0 Å². The molecule has 2 saturated carbocycles. The summed E-state index contributed by atoms with van der Waals surface area (Å²) in [6.07, 6.45) is 9.10. The Morgan fingerprint density at radius 3 is 2.80 bits per heavy atom. The molecule has 2 aliphatic carbocycles. The van der Waals surface area contributed by atoms with Crippen LogP contribution in [0.4, 0.5) is 0 Å². The number of methoxy groups -OCH3 is 1. The fourth-order valence-corrected chi connectivity index (χ4v) is 3.97. The molecule has 0 aromatic carbocycles. The van der Waals surface area contributed by atoms with Crippen molar-refractivity contribution in [2.45, 2.75) is 31.6 Å². The molecule has 3 atom stereocenters. The SMILES string of the molecule is COC(=O)c1c[nH]c2ncc(C3[C@H]4CCCC[C@@H]34)cc12. The summed E-state index contributed by atoms with van der Waals surface area (Å²) in [6, 6.07) is 2.13. The smallest absolute Gasteiger partial charge is 0.340 e. The Balaban J connectivity index is 1.73. The van der Waals surface area contributed by atoms with Crippen LogP contribution in [0.1, 0.15) is 47.5 Å². The van der Waals surface area contributed by atoms with Gasteiger partial charge in [-0.05, 0) is 42.2 Å². The van der Waals surface area contributed by atoms with Crippen molar-refractivity contribution < 1.29 is 9.53 Å². The van der Waals surface area contributed by atoms with Crippen molar-refractivity contribution in [3.8, 4) is 0 Å². The number of nitrogens with zero attached hydrogens (tertiary/aromatic N) is 1. The molecule has 0 aliphatic heterocycles. The van der Waals surface area contributed by atoms with Crippen LogP contribution in [-0.4, -0.2) is 23.0 Å². The number of pyridine rings is 1. The number of carbonyl (C=O) groups is 1. The van der Waals surface area contributed by atoms with Gasteiger partial charge in [-0.2, -0.15) is 0 Å². The Labute approximate surface area is 117 Å². The van der Waals surface area contributed by atoms with E-state index in [2.05, 4.69) is 16.0 Å². The molecule has 104 valence electrons. The van der Waals surface area contributed by atoms with Crippen LogP contribution in [0.2, 0.25) is 0 Å². The summed E-state index contributed by atoms with van der Waals surface area (Å²) in [5.74, 6) is 2.06. The second-order valence-electron chi connectivity index (χ2n) is 6.00. The average molecular weight is 270 g/mol. The lowest BCUT2D eigenvalue weighted by atomic mass is 10.0. The highest BCUT2D eigenvalue weighted by Gasteiger charge is 2.51. The summed E-state index contributed by atoms with van der Waals surface area (Å²) >= 11 is 0. The Morgan fingerprint density at radius 2 is 2.10 bits per heavy atom. The fourth-order valence-electron chi connectivity index (χ4n) is 3.97. The highest BCUT2D eigenvalue weighted by atomic mass is 16.5. The van der Waals surface area contributed by atoms with E-state index in [1.165, 1.54) is 38.4 Å². The molecule has 0 bridgehead atoms. The van der Waals surface area contributed by atoms with Crippen molar-refractivity contribution in [3.63, 3.8) is 0 Å². The van der Waals surface area contributed by atoms with Gasteiger partial charge in [0.15, 0.2) is 0 Å². The standard InChI is InChI=1S/C16H18N2O2/c1-20-16(19)13-8-18-15-12(13)6-9(7-17-15)14-10-4-2-3-5-11(10)14/h6-8,10-11,14H,2-5H2,1H3,(H,17,18)/t10-,11+,14?. The molecule has 2 aliphatic rings. The van der Waals surface area contributed by atoms with Gasteiger partial charge in [-0.25, -0.2) is 9.78 Å². The number of ether oxygens (including phenoxy) is 1. The lowest BCUT2D eigenvalue weighted by molar-refractivity contribution is 0.0603. The minimum absolute atomic E-state index is 0.302. The molecule has 1 N–H and O–H groups in total. The highest BCUT2D eigenvalue weighted by molar-refractivity contribution is 6.03. The van der Waals surface area contributed by atoms with Gasteiger partial charge in [-0.3, -0.25) is 0 Å². The molecule has 0 amide bonds. The maximum atomic E-state index is 11.8. The molecule has 4 heteroatoms. The summed E-state index contributed by atoms with van der Waals surface area (Å²) in [5.41, 5.74) is 2.64. The van der Waals surface area contributed by atoms with Crippen molar-refractivity contribution in [2.24, 2.45) is 11.8 Å². The number of aromatic nitrogens is 2. The third kappa shape index (κ3) is 1.67. The molecule has 0 saturated heterocycles. The summed E-state index contributed by atoms with van der Waals surface area (Å²) in [7, 11) is 1.41. The maximum absolute atomic E-state index is 11.8. The van der Waals surface area contributed by atoms with E-state index in [0.717, 1.165) is 22.9 Å².